The standard InChI is InChI=1S/C25H24N4O3/c1-3-23-22(17-28-29(23)19-8-5-4-6-9-19)25(30)27-16-18-12-13-24(26-15-18)32-21-11-7-10-20(14-21)31-2/h4-15,17H,3,16H2,1-2H3,(H,27,30). The number of rotatable bonds is 8. The lowest BCUT2D eigenvalue weighted by Crippen LogP contribution is -2.23. The number of nitrogens with zero attached hydrogens (tertiary/aromatic N) is 3. The third kappa shape index (κ3) is 4.78. The highest BCUT2D eigenvalue weighted by Crippen LogP contribution is 2.24. The number of carbonyl (C=O) groups excluding carboxylic acids is 1. The molecule has 0 fully saturated rings. The van der Waals surface area contributed by atoms with E-state index in [-0.39, 0.29) is 5.91 Å². The lowest BCUT2D eigenvalue weighted by molar-refractivity contribution is 0.0950. The van der Waals surface area contributed by atoms with Gasteiger partial charge in [-0.05, 0) is 36.2 Å². The molecule has 0 bridgehead atoms. The summed E-state index contributed by atoms with van der Waals surface area (Å²) in [5, 5.41) is 7.36. The number of benzene rings is 2. The number of hydrogen-bond donors (Lipinski definition) is 1. The van der Waals surface area contributed by atoms with Crippen molar-refractivity contribution in [1.82, 2.24) is 20.1 Å². The molecule has 0 saturated heterocycles. The fourth-order valence-electron chi connectivity index (χ4n) is 3.33. The fourth-order valence-corrected chi connectivity index (χ4v) is 3.33. The Labute approximate surface area is 186 Å². The third-order valence-electron chi connectivity index (χ3n) is 4.96. The average Bonchev–Trinajstić information content (AvgIpc) is 3.28. The molecule has 4 aromatic rings. The van der Waals surface area contributed by atoms with E-state index in [9.17, 15) is 4.79 Å². The van der Waals surface area contributed by atoms with E-state index in [1.165, 1.54) is 0 Å². The van der Waals surface area contributed by atoms with Gasteiger partial charge in [-0.1, -0.05) is 37.3 Å². The smallest absolute Gasteiger partial charge is 0.255 e. The second-order valence-corrected chi connectivity index (χ2v) is 7.07. The Bertz CT molecular complexity index is 1190. The van der Waals surface area contributed by atoms with Gasteiger partial charge in [0.2, 0.25) is 5.88 Å². The van der Waals surface area contributed by atoms with E-state index in [4.69, 9.17) is 9.47 Å². The van der Waals surface area contributed by atoms with Crippen LogP contribution < -0.4 is 14.8 Å². The topological polar surface area (TPSA) is 78.3 Å². The molecule has 32 heavy (non-hydrogen) atoms. The average molecular weight is 428 g/mol. The molecule has 0 saturated carbocycles. The first-order valence-corrected chi connectivity index (χ1v) is 10.3. The summed E-state index contributed by atoms with van der Waals surface area (Å²) in [6.45, 7) is 2.36. The van der Waals surface area contributed by atoms with E-state index in [2.05, 4.69) is 15.4 Å². The Hall–Kier alpha value is -4.13. The minimum Gasteiger partial charge on any atom is -0.497 e. The molecular weight excluding hydrogens is 404 g/mol. The van der Waals surface area contributed by atoms with Crippen LogP contribution in [0, 0.1) is 0 Å². The lowest BCUT2D eigenvalue weighted by Gasteiger charge is -2.09. The summed E-state index contributed by atoms with van der Waals surface area (Å²) in [6.07, 6.45) is 3.99. The van der Waals surface area contributed by atoms with Gasteiger partial charge in [-0.3, -0.25) is 4.79 Å². The van der Waals surface area contributed by atoms with Crippen molar-refractivity contribution >= 4 is 5.91 Å². The quantitative estimate of drug-likeness (QED) is 0.445. The number of amides is 1. The minimum absolute atomic E-state index is 0.166. The van der Waals surface area contributed by atoms with Crippen LogP contribution >= 0.6 is 0 Å². The molecule has 2 aromatic carbocycles. The maximum atomic E-state index is 12.8. The molecule has 0 aliphatic carbocycles. The van der Waals surface area contributed by atoms with E-state index in [1.807, 2.05) is 61.5 Å². The second kappa shape index (κ2) is 9.78. The number of para-hydroxylation sites is 1. The number of aromatic nitrogens is 3. The van der Waals surface area contributed by atoms with Gasteiger partial charge in [0.15, 0.2) is 0 Å². The van der Waals surface area contributed by atoms with Gasteiger partial charge in [-0.25, -0.2) is 9.67 Å². The van der Waals surface area contributed by atoms with E-state index in [1.54, 1.807) is 36.3 Å². The maximum Gasteiger partial charge on any atom is 0.255 e. The molecule has 0 aliphatic heterocycles. The molecule has 0 unspecified atom stereocenters. The number of carbonyl (C=O) groups is 1. The molecular formula is C25H24N4O3. The van der Waals surface area contributed by atoms with Crippen LogP contribution in [-0.4, -0.2) is 27.8 Å². The number of methoxy groups -OCH3 is 1. The van der Waals surface area contributed by atoms with Crippen LogP contribution in [0.5, 0.6) is 17.4 Å². The van der Waals surface area contributed by atoms with Crippen LogP contribution in [-0.2, 0) is 13.0 Å². The lowest BCUT2D eigenvalue weighted by atomic mass is 10.2. The minimum atomic E-state index is -0.166. The van der Waals surface area contributed by atoms with Crippen LogP contribution in [0.3, 0.4) is 0 Å². The highest BCUT2D eigenvalue weighted by atomic mass is 16.5. The SMILES string of the molecule is CCc1c(C(=O)NCc2ccc(Oc3cccc(OC)c3)nc2)cnn1-c1ccccc1. The van der Waals surface area contributed by atoms with Gasteiger partial charge >= 0.3 is 0 Å². The van der Waals surface area contributed by atoms with Crippen molar-refractivity contribution in [2.45, 2.75) is 19.9 Å². The summed E-state index contributed by atoms with van der Waals surface area (Å²) < 4.78 is 12.8. The molecule has 0 radical (unpaired) electrons. The molecule has 4 rings (SSSR count). The van der Waals surface area contributed by atoms with E-state index in [0.717, 1.165) is 16.9 Å². The Morgan fingerprint density at radius 2 is 1.81 bits per heavy atom. The van der Waals surface area contributed by atoms with Gasteiger partial charge in [0, 0.05) is 24.9 Å². The van der Waals surface area contributed by atoms with Gasteiger partial charge in [-0.15, -0.1) is 0 Å². The summed E-state index contributed by atoms with van der Waals surface area (Å²) in [4.78, 5) is 17.1. The summed E-state index contributed by atoms with van der Waals surface area (Å²) in [7, 11) is 1.61. The Kier molecular flexibility index (Phi) is 6.46. The number of hydrogen-bond acceptors (Lipinski definition) is 5. The zero-order chi connectivity index (χ0) is 22.3. The highest BCUT2D eigenvalue weighted by molar-refractivity contribution is 5.95. The summed E-state index contributed by atoms with van der Waals surface area (Å²) in [5.74, 6) is 1.65. The molecule has 7 heteroatoms. The van der Waals surface area contributed by atoms with Crippen molar-refractivity contribution in [3.8, 4) is 23.1 Å². The molecule has 0 spiro atoms. The predicted molar refractivity (Wildman–Crippen MR) is 121 cm³/mol. The highest BCUT2D eigenvalue weighted by Gasteiger charge is 2.17. The molecule has 7 nitrogen and oxygen atoms in total. The first-order chi connectivity index (χ1) is 15.7. The zero-order valence-electron chi connectivity index (χ0n) is 18.0. The van der Waals surface area contributed by atoms with Gasteiger partial charge in [0.05, 0.1) is 30.3 Å². The summed E-state index contributed by atoms with van der Waals surface area (Å²) in [6, 6.07) is 20.7. The number of pyridine rings is 1. The maximum absolute atomic E-state index is 12.8. The van der Waals surface area contributed by atoms with Crippen LogP contribution in [0.2, 0.25) is 0 Å². The van der Waals surface area contributed by atoms with Crippen molar-refractivity contribution in [2.24, 2.45) is 0 Å². The first-order valence-electron chi connectivity index (χ1n) is 10.3. The summed E-state index contributed by atoms with van der Waals surface area (Å²) in [5.41, 5.74) is 3.24. The van der Waals surface area contributed by atoms with Crippen molar-refractivity contribution in [1.29, 1.82) is 0 Å². The van der Waals surface area contributed by atoms with Crippen LogP contribution in [0.1, 0.15) is 28.5 Å². The van der Waals surface area contributed by atoms with E-state index >= 15 is 0 Å². The zero-order valence-corrected chi connectivity index (χ0v) is 18.0. The third-order valence-corrected chi connectivity index (χ3v) is 4.96. The Morgan fingerprint density at radius 3 is 2.53 bits per heavy atom. The summed E-state index contributed by atoms with van der Waals surface area (Å²) >= 11 is 0. The second-order valence-electron chi connectivity index (χ2n) is 7.07. The molecule has 2 aromatic heterocycles. The number of nitrogens with one attached hydrogen (secondary N) is 1. The Morgan fingerprint density at radius 1 is 1.00 bits per heavy atom. The monoisotopic (exact) mass is 428 g/mol. The largest absolute Gasteiger partial charge is 0.497 e. The van der Waals surface area contributed by atoms with E-state index in [0.29, 0.717) is 35.9 Å². The van der Waals surface area contributed by atoms with Crippen LogP contribution in [0.25, 0.3) is 5.69 Å². The van der Waals surface area contributed by atoms with Crippen molar-refractivity contribution < 1.29 is 14.3 Å². The van der Waals surface area contributed by atoms with Crippen molar-refractivity contribution in [3.05, 3.63) is 95.9 Å². The fraction of sp³-hybridized carbons (Fsp3) is 0.160. The molecule has 0 aliphatic rings. The first kappa shape index (κ1) is 21.1. The Balaban J connectivity index is 1.39. The molecule has 0 atom stereocenters. The van der Waals surface area contributed by atoms with Crippen molar-refractivity contribution in [3.63, 3.8) is 0 Å². The van der Waals surface area contributed by atoms with E-state index < -0.39 is 0 Å². The molecule has 1 N–H and O–H groups in total. The van der Waals surface area contributed by atoms with Crippen LogP contribution in [0.15, 0.2) is 79.1 Å². The predicted octanol–water partition coefficient (Wildman–Crippen LogP) is 4.56. The molecule has 2 heterocycles. The van der Waals surface area contributed by atoms with Crippen molar-refractivity contribution in [2.75, 3.05) is 7.11 Å². The number of ether oxygens (including phenoxy) is 2. The van der Waals surface area contributed by atoms with Gasteiger partial charge in [0.1, 0.15) is 11.5 Å². The van der Waals surface area contributed by atoms with Gasteiger partial charge < -0.3 is 14.8 Å². The van der Waals surface area contributed by atoms with Gasteiger partial charge in [0.25, 0.3) is 5.91 Å². The van der Waals surface area contributed by atoms with Gasteiger partial charge in [-0.2, -0.15) is 5.10 Å². The molecule has 1 amide bonds. The normalized spacial score (nSPS) is 10.6. The molecule has 162 valence electrons. The van der Waals surface area contributed by atoms with Crippen LogP contribution in [0.4, 0.5) is 0 Å².